The van der Waals surface area contributed by atoms with Crippen molar-refractivity contribution in [2.24, 2.45) is 5.10 Å². The fraction of sp³-hybridized carbons (Fsp3) is 0.429. The number of hydrazone groups is 1. The average molecular weight is 325 g/mol. The van der Waals surface area contributed by atoms with Crippen molar-refractivity contribution in [2.75, 3.05) is 16.8 Å². The third-order valence-electron chi connectivity index (χ3n) is 3.10. The summed E-state index contributed by atoms with van der Waals surface area (Å²) in [5.41, 5.74) is 1.69. The molecule has 5 nitrogen and oxygen atoms in total. The molecule has 21 heavy (non-hydrogen) atoms. The lowest BCUT2D eigenvalue weighted by Crippen LogP contribution is -2.40. The fourth-order valence-electron chi connectivity index (χ4n) is 2.18. The number of hydrogen-bond acceptors (Lipinski definition) is 4. The molecule has 1 aliphatic rings. The molecule has 0 spiro atoms. The largest absolute Gasteiger partial charge is 0.331 e. The Morgan fingerprint density at radius 3 is 2.52 bits per heavy atom. The van der Waals surface area contributed by atoms with Gasteiger partial charge in [0, 0.05) is 11.4 Å². The Balaban J connectivity index is 2.17. The van der Waals surface area contributed by atoms with Crippen molar-refractivity contribution in [3.63, 3.8) is 0 Å². The van der Waals surface area contributed by atoms with Gasteiger partial charge in [0.1, 0.15) is 0 Å². The van der Waals surface area contributed by atoms with Crippen LogP contribution in [0.2, 0.25) is 0 Å². The van der Waals surface area contributed by atoms with E-state index in [1.165, 1.54) is 0 Å². The number of benzene rings is 1. The molecule has 114 valence electrons. The van der Waals surface area contributed by atoms with Crippen molar-refractivity contribution in [3.05, 3.63) is 30.3 Å². The molecule has 1 aromatic rings. The summed E-state index contributed by atoms with van der Waals surface area (Å²) < 4.78 is 23.3. The van der Waals surface area contributed by atoms with Gasteiger partial charge in [-0.1, -0.05) is 18.2 Å². The topological polar surface area (TPSA) is 61.8 Å². The Kier molecular flexibility index (Phi) is 4.95. The highest BCUT2D eigenvalue weighted by molar-refractivity contribution is 7.91. The van der Waals surface area contributed by atoms with Gasteiger partial charge in [-0.3, -0.25) is 0 Å². The number of para-hydroxylation sites is 1. The average Bonchev–Trinajstić information content (AvgIpc) is 2.77. The molecule has 0 saturated carbocycles. The van der Waals surface area contributed by atoms with Crippen molar-refractivity contribution < 1.29 is 8.42 Å². The predicted molar refractivity (Wildman–Crippen MR) is 90.3 cm³/mol. The van der Waals surface area contributed by atoms with Gasteiger partial charge in [0.2, 0.25) is 0 Å². The van der Waals surface area contributed by atoms with Crippen LogP contribution in [0.25, 0.3) is 0 Å². The van der Waals surface area contributed by atoms with Crippen molar-refractivity contribution in [3.8, 4) is 0 Å². The van der Waals surface area contributed by atoms with E-state index in [1.54, 1.807) is 5.01 Å². The predicted octanol–water partition coefficient (Wildman–Crippen LogP) is 2.27. The van der Waals surface area contributed by atoms with Gasteiger partial charge in [-0.05, 0) is 44.6 Å². The lowest BCUT2D eigenvalue weighted by Gasteiger charge is -2.26. The first kappa shape index (κ1) is 15.9. The van der Waals surface area contributed by atoms with E-state index in [2.05, 4.69) is 10.4 Å². The van der Waals surface area contributed by atoms with E-state index in [0.29, 0.717) is 11.5 Å². The van der Waals surface area contributed by atoms with Gasteiger partial charge in [0.05, 0.1) is 17.5 Å². The standard InChI is InChI=1S/C14H19N3O2S2/c1-11(2)16-17(13-8-9-21(18,19)10-13)14(20)15-12-6-4-3-5-7-12/h3-7,13H,8-10H2,1-2H3,(H,15,20)/t13-/m1/s1. The van der Waals surface area contributed by atoms with Crippen LogP contribution in [0, 0.1) is 0 Å². The SMILES string of the molecule is CC(C)=NN(C(=S)Nc1ccccc1)[C@@H]1CCS(=O)(=O)C1. The molecule has 1 heterocycles. The minimum atomic E-state index is -2.98. The molecule has 1 N–H and O–H groups in total. The normalized spacial score (nSPS) is 19.8. The van der Waals surface area contributed by atoms with Gasteiger partial charge in [-0.2, -0.15) is 5.10 Å². The van der Waals surface area contributed by atoms with Crippen LogP contribution in [0.15, 0.2) is 35.4 Å². The summed E-state index contributed by atoms with van der Waals surface area (Å²) in [4.78, 5) is 0. The maximum atomic E-state index is 11.7. The first-order chi connectivity index (χ1) is 9.87. The Hall–Kier alpha value is -1.47. The smallest absolute Gasteiger partial charge is 0.194 e. The molecule has 1 atom stereocenters. The summed E-state index contributed by atoms with van der Waals surface area (Å²) >= 11 is 5.40. The zero-order chi connectivity index (χ0) is 15.5. The maximum absolute atomic E-state index is 11.7. The summed E-state index contributed by atoms with van der Waals surface area (Å²) in [5.74, 6) is 0.292. The first-order valence-electron chi connectivity index (χ1n) is 6.75. The third-order valence-corrected chi connectivity index (χ3v) is 5.13. The molecule has 0 amide bonds. The lowest BCUT2D eigenvalue weighted by molar-refractivity contribution is 0.356. The second-order valence-corrected chi connectivity index (χ2v) is 7.86. The van der Waals surface area contributed by atoms with Crippen molar-refractivity contribution in [1.29, 1.82) is 0 Å². The van der Waals surface area contributed by atoms with Crippen LogP contribution in [0.1, 0.15) is 20.3 Å². The Bertz CT molecular complexity index is 637. The number of rotatable bonds is 3. The van der Waals surface area contributed by atoms with Crippen LogP contribution in [-0.4, -0.2) is 41.8 Å². The Morgan fingerprint density at radius 2 is 2.00 bits per heavy atom. The summed E-state index contributed by atoms with van der Waals surface area (Å²) in [7, 11) is -2.98. The van der Waals surface area contributed by atoms with Crippen LogP contribution in [0.4, 0.5) is 5.69 Å². The minimum absolute atomic E-state index is 0.0976. The highest BCUT2D eigenvalue weighted by atomic mass is 32.2. The molecule has 1 saturated heterocycles. The molecule has 1 aliphatic heterocycles. The van der Waals surface area contributed by atoms with Gasteiger partial charge in [-0.15, -0.1) is 0 Å². The quantitative estimate of drug-likeness (QED) is 0.525. The summed E-state index contributed by atoms with van der Waals surface area (Å²) in [6.45, 7) is 3.73. The molecule has 0 unspecified atom stereocenters. The van der Waals surface area contributed by atoms with Crippen molar-refractivity contribution in [1.82, 2.24) is 5.01 Å². The van der Waals surface area contributed by atoms with E-state index in [0.717, 1.165) is 11.4 Å². The molecule has 7 heteroatoms. The van der Waals surface area contributed by atoms with Gasteiger partial charge < -0.3 is 5.32 Å². The van der Waals surface area contributed by atoms with Crippen LogP contribution >= 0.6 is 12.2 Å². The number of hydrogen-bond donors (Lipinski definition) is 1. The molecule has 1 aromatic carbocycles. The van der Waals surface area contributed by atoms with Crippen LogP contribution in [-0.2, 0) is 9.84 Å². The van der Waals surface area contributed by atoms with E-state index < -0.39 is 9.84 Å². The molecule has 0 radical (unpaired) electrons. The number of anilines is 1. The number of nitrogens with one attached hydrogen (secondary N) is 1. The zero-order valence-electron chi connectivity index (χ0n) is 12.1. The second-order valence-electron chi connectivity index (χ2n) is 5.24. The van der Waals surface area contributed by atoms with Gasteiger partial charge in [0.15, 0.2) is 14.9 Å². The van der Waals surface area contributed by atoms with Gasteiger partial charge in [0.25, 0.3) is 0 Å². The molecule has 0 bridgehead atoms. The molecular formula is C14H19N3O2S2. The maximum Gasteiger partial charge on any atom is 0.194 e. The first-order valence-corrected chi connectivity index (χ1v) is 8.98. The number of nitrogens with zero attached hydrogens (tertiary/aromatic N) is 2. The Morgan fingerprint density at radius 1 is 1.33 bits per heavy atom. The summed E-state index contributed by atoms with van der Waals surface area (Å²) in [6, 6.07) is 9.34. The Labute approximate surface area is 131 Å². The minimum Gasteiger partial charge on any atom is -0.331 e. The highest BCUT2D eigenvalue weighted by Crippen LogP contribution is 2.20. The summed E-state index contributed by atoms with van der Waals surface area (Å²) in [6.07, 6.45) is 0.551. The molecular weight excluding hydrogens is 306 g/mol. The van der Waals surface area contributed by atoms with E-state index in [-0.39, 0.29) is 17.5 Å². The second kappa shape index (κ2) is 6.53. The van der Waals surface area contributed by atoms with Crippen molar-refractivity contribution in [2.45, 2.75) is 26.3 Å². The molecule has 1 fully saturated rings. The van der Waals surface area contributed by atoms with Crippen LogP contribution in [0.5, 0.6) is 0 Å². The number of sulfone groups is 1. The van der Waals surface area contributed by atoms with Crippen LogP contribution < -0.4 is 5.32 Å². The van der Waals surface area contributed by atoms with E-state index in [1.807, 2.05) is 44.2 Å². The van der Waals surface area contributed by atoms with E-state index in [9.17, 15) is 8.42 Å². The fourth-order valence-corrected chi connectivity index (χ4v) is 4.18. The van der Waals surface area contributed by atoms with Crippen molar-refractivity contribution >= 4 is 38.6 Å². The zero-order valence-corrected chi connectivity index (χ0v) is 13.7. The van der Waals surface area contributed by atoms with Gasteiger partial charge >= 0.3 is 0 Å². The molecule has 2 rings (SSSR count). The molecule has 0 aliphatic carbocycles. The monoisotopic (exact) mass is 325 g/mol. The lowest BCUT2D eigenvalue weighted by atomic mass is 10.2. The number of thiocarbonyl (C=S) groups is 1. The van der Waals surface area contributed by atoms with E-state index >= 15 is 0 Å². The highest BCUT2D eigenvalue weighted by Gasteiger charge is 2.33. The van der Waals surface area contributed by atoms with Gasteiger partial charge in [-0.25, -0.2) is 13.4 Å². The van der Waals surface area contributed by atoms with Crippen LogP contribution in [0.3, 0.4) is 0 Å². The van der Waals surface area contributed by atoms with E-state index in [4.69, 9.17) is 12.2 Å². The summed E-state index contributed by atoms with van der Waals surface area (Å²) in [5, 5.41) is 9.56. The molecule has 0 aromatic heterocycles. The third kappa shape index (κ3) is 4.50.